The number of phosphoric acid groups is 1. The van der Waals surface area contributed by atoms with Gasteiger partial charge in [0.15, 0.2) is 6.10 Å². The van der Waals surface area contributed by atoms with Crippen LogP contribution in [0, 0.1) is 0 Å². The van der Waals surface area contributed by atoms with Gasteiger partial charge in [0.2, 0.25) is 0 Å². The highest BCUT2D eigenvalue weighted by Gasteiger charge is 2.28. The van der Waals surface area contributed by atoms with E-state index < -0.39 is 51.1 Å². The molecule has 0 radical (unpaired) electrons. The molecule has 0 saturated carbocycles. The van der Waals surface area contributed by atoms with Crippen molar-refractivity contribution < 1.29 is 52.6 Å². The van der Waals surface area contributed by atoms with E-state index in [4.69, 9.17) is 29.9 Å². The number of esters is 2. The number of nitrogens with two attached hydrogens (primary N) is 1. The number of carbonyl (C=O) groups is 3. The number of hydrogen-bond donors (Lipinski definition) is 4. The Bertz CT molecular complexity index is 1140. The van der Waals surface area contributed by atoms with Gasteiger partial charge in [0.1, 0.15) is 12.6 Å². The quantitative estimate of drug-likeness (QED) is 0.0206. The number of allylic oxidation sites excluding steroid dienone is 10. The van der Waals surface area contributed by atoms with Gasteiger partial charge >= 0.3 is 25.7 Å². The predicted molar refractivity (Wildman–Crippen MR) is 209 cm³/mol. The Hall–Kier alpha value is -2.86. The van der Waals surface area contributed by atoms with Crippen molar-refractivity contribution in [2.75, 3.05) is 26.4 Å². The highest BCUT2D eigenvalue weighted by Crippen LogP contribution is 2.43. The number of carbonyl (C=O) groups excluding carboxylic acids is 2. The van der Waals surface area contributed by atoms with Gasteiger partial charge in [-0.15, -0.1) is 0 Å². The molecule has 0 aliphatic rings. The molecule has 53 heavy (non-hydrogen) atoms. The van der Waals surface area contributed by atoms with Gasteiger partial charge in [0.25, 0.3) is 0 Å². The monoisotopic (exact) mass is 769 g/mol. The minimum absolute atomic E-state index is 0.131. The van der Waals surface area contributed by atoms with Gasteiger partial charge in [-0.2, -0.15) is 0 Å². The van der Waals surface area contributed by atoms with Crippen molar-refractivity contribution in [2.24, 2.45) is 5.73 Å². The van der Waals surface area contributed by atoms with Crippen LogP contribution in [0.15, 0.2) is 60.8 Å². The van der Waals surface area contributed by atoms with Gasteiger partial charge in [0, 0.05) is 19.4 Å². The fraction of sp³-hybridized carbons (Fsp3) is 0.675. The fourth-order valence-corrected chi connectivity index (χ4v) is 5.44. The van der Waals surface area contributed by atoms with E-state index in [2.05, 4.69) is 60.1 Å². The second kappa shape index (κ2) is 36.1. The lowest BCUT2D eigenvalue weighted by molar-refractivity contribution is -0.161. The van der Waals surface area contributed by atoms with Gasteiger partial charge in [-0.25, -0.2) is 4.57 Å². The molecule has 0 saturated heterocycles. The van der Waals surface area contributed by atoms with E-state index in [1.54, 1.807) is 0 Å². The summed E-state index contributed by atoms with van der Waals surface area (Å²) in [6.45, 7) is 0.669. The van der Waals surface area contributed by atoms with Crippen LogP contribution in [0.25, 0.3) is 0 Å². The molecule has 0 aromatic carbocycles. The Morgan fingerprint density at radius 3 is 1.68 bits per heavy atom. The molecule has 13 heteroatoms. The van der Waals surface area contributed by atoms with Gasteiger partial charge in [-0.3, -0.25) is 23.4 Å². The second-order valence-corrected chi connectivity index (χ2v) is 14.2. The Labute approximate surface area is 318 Å². The lowest BCUT2D eigenvalue weighted by atomic mass is 10.1. The Balaban J connectivity index is 4.51. The predicted octanol–water partition coefficient (Wildman–Crippen LogP) is 8.58. The van der Waals surface area contributed by atoms with Gasteiger partial charge in [-0.1, -0.05) is 106 Å². The van der Waals surface area contributed by atoms with Gasteiger partial charge in [-0.05, 0) is 77.0 Å². The van der Waals surface area contributed by atoms with E-state index in [0.29, 0.717) is 19.3 Å². The van der Waals surface area contributed by atoms with E-state index in [-0.39, 0.29) is 26.1 Å². The summed E-state index contributed by atoms with van der Waals surface area (Å²) in [6, 6.07) is -1.54. The maximum atomic E-state index is 12.5. The molecule has 12 nitrogen and oxygen atoms in total. The van der Waals surface area contributed by atoms with Crippen LogP contribution in [0.5, 0.6) is 0 Å². The molecular formula is C40H68NO11P. The number of unbranched alkanes of at least 4 members (excludes halogenated alkanes) is 11. The average Bonchev–Trinajstić information content (AvgIpc) is 3.13. The van der Waals surface area contributed by atoms with E-state index in [1.165, 1.54) is 12.8 Å². The molecule has 304 valence electrons. The normalized spacial score (nSPS) is 14.5. The minimum atomic E-state index is -4.73. The third-order valence-electron chi connectivity index (χ3n) is 7.79. The molecule has 1 unspecified atom stereocenters. The zero-order valence-electron chi connectivity index (χ0n) is 32.0. The van der Waals surface area contributed by atoms with Crippen molar-refractivity contribution in [2.45, 2.75) is 147 Å². The smallest absolute Gasteiger partial charge is 0.472 e. The van der Waals surface area contributed by atoms with Crippen LogP contribution in [0.2, 0.25) is 0 Å². The van der Waals surface area contributed by atoms with Crippen molar-refractivity contribution in [1.29, 1.82) is 0 Å². The third-order valence-corrected chi connectivity index (χ3v) is 8.74. The lowest BCUT2D eigenvalue weighted by Crippen LogP contribution is -2.34. The van der Waals surface area contributed by atoms with Gasteiger partial charge in [0.05, 0.1) is 13.2 Å². The summed E-state index contributed by atoms with van der Waals surface area (Å²) in [7, 11) is -4.73. The molecule has 0 heterocycles. The Morgan fingerprint density at radius 2 is 1.09 bits per heavy atom. The highest BCUT2D eigenvalue weighted by atomic mass is 31.2. The zero-order chi connectivity index (χ0) is 39.3. The number of aliphatic carboxylic acids is 1. The zero-order valence-corrected chi connectivity index (χ0v) is 32.9. The van der Waals surface area contributed by atoms with E-state index >= 15 is 0 Å². The van der Waals surface area contributed by atoms with Crippen LogP contribution < -0.4 is 5.73 Å². The molecule has 0 amide bonds. The summed E-state index contributed by atoms with van der Waals surface area (Å²) in [5.41, 5.74) is 5.31. The maximum Gasteiger partial charge on any atom is 0.472 e. The summed E-state index contributed by atoms with van der Waals surface area (Å²) in [5.74, 6) is -2.49. The molecule has 0 spiro atoms. The summed E-state index contributed by atoms with van der Waals surface area (Å²) in [4.78, 5) is 45.7. The van der Waals surface area contributed by atoms with Crippen LogP contribution in [0.3, 0.4) is 0 Å². The van der Waals surface area contributed by atoms with Crippen molar-refractivity contribution >= 4 is 25.7 Å². The first-order valence-electron chi connectivity index (χ1n) is 19.4. The summed E-state index contributed by atoms with van der Waals surface area (Å²) < 4.78 is 32.5. The fourth-order valence-electron chi connectivity index (χ4n) is 4.66. The molecule has 0 aromatic heterocycles. The molecular weight excluding hydrogens is 701 g/mol. The number of hydrogen-bond acceptors (Lipinski definition) is 10. The maximum absolute atomic E-state index is 12.5. The Kier molecular flexibility index (Phi) is 34.2. The molecule has 0 bridgehead atoms. The molecule has 0 rings (SSSR count). The first-order chi connectivity index (χ1) is 25.6. The minimum Gasteiger partial charge on any atom is -0.480 e. The molecule has 0 aromatic rings. The molecule has 5 N–H and O–H groups in total. The van der Waals surface area contributed by atoms with Crippen molar-refractivity contribution in [3.05, 3.63) is 60.8 Å². The topological polar surface area (TPSA) is 192 Å². The molecule has 0 aliphatic carbocycles. The lowest BCUT2D eigenvalue weighted by Gasteiger charge is -2.20. The average molecular weight is 770 g/mol. The first-order valence-corrected chi connectivity index (χ1v) is 20.9. The van der Waals surface area contributed by atoms with E-state index in [1.807, 2.05) is 12.2 Å². The van der Waals surface area contributed by atoms with Crippen LogP contribution in [-0.2, 0) is 37.5 Å². The van der Waals surface area contributed by atoms with Crippen molar-refractivity contribution in [1.82, 2.24) is 0 Å². The largest absolute Gasteiger partial charge is 0.480 e. The molecule has 0 aliphatic heterocycles. The number of phosphoric ester groups is 1. The van der Waals surface area contributed by atoms with Crippen LogP contribution in [0.4, 0.5) is 0 Å². The SMILES string of the molecule is CCCC/C=C\CCCCCCCC(=O)O[C@H](COC(=O)CCC/C=C\C/C=C\C/C=C\C/C=C\CCCCCO)COP(=O)(O)OC[C@H](N)C(=O)O. The first kappa shape index (κ1) is 50.1. The second-order valence-electron chi connectivity index (χ2n) is 12.8. The van der Waals surface area contributed by atoms with Crippen LogP contribution >= 0.6 is 7.82 Å². The number of aliphatic hydroxyl groups is 1. The van der Waals surface area contributed by atoms with Crippen molar-refractivity contribution in [3.63, 3.8) is 0 Å². The number of carboxylic acids is 1. The van der Waals surface area contributed by atoms with Crippen molar-refractivity contribution in [3.8, 4) is 0 Å². The summed E-state index contributed by atoms with van der Waals surface area (Å²) >= 11 is 0. The summed E-state index contributed by atoms with van der Waals surface area (Å²) in [5, 5.41) is 17.6. The number of carboxylic acid groups (broad SMARTS) is 1. The number of aliphatic hydroxyl groups excluding tert-OH is 1. The Morgan fingerprint density at radius 1 is 0.623 bits per heavy atom. The molecule has 3 atom stereocenters. The van der Waals surface area contributed by atoms with Gasteiger partial charge < -0.3 is 30.3 Å². The summed E-state index contributed by atoms with van der Waals surface area (Å²) in [6.07, 6.45) is 37.5. The van der Waals surface area contributed by atoms with E-state index in [9.17, 15) is 23.8 Å². The number of rotatable bonds is 36. The number of ether oxygens (including phenoxy) is 2. The van der Waals surface area contributed by atoms with Crippen LogP contribution in [0.1, 0.15) is 135 Å². The molecule has 0 fully saturated rings. The highest BCUT2D eigenvalue weighted by molar-refractivity contribution is 7.47. The van der Waals surface area contributed by atoms with E-state index in [0.717, 1.165) is 83.5 Å². The standard InChI is InChI=1S/C40H68NO11P/c1-2-3-4-5-6-7-15-19-22-25-28-31-39(44)52-36(34-50-53(47,48)51-35-37(41)40(45)46)33-49-38(43)30-27-24-21-18-16-13-11-9-8-10-12-14-17-20-23-26-29-32-42/h5-6,8,10-11,13-14,17-18,21,36-37,42H,2-4,7,9,12,15-16,19-20,22-35,41H2,1H3,(H,45,46)(H,47,48)/b6-5-,10-8-,13-11-,17-14-,21-18-/t36-,37+/m1/s1. The van der Waals surface area contributed by atoms with Crippen LogP contribution in [-0.4, -0.2) is 71.6 Å². The third kappa shape index (κ3) is 35.9.